The summed E-state index contributed by atoms with van der Waals surface area (Å²) in [6.07, 6.45) is 5.60. The molecular weight excluding hydrogens is 478 g/mol. The van der Waals surface area contributed by atoms with Gasteiger partial charge in [-0.05, 0) is 44.5 Å². The van der Waals surface area contributed by atoms with Crippen molar-refractivity contribution >= 4 is 46.8 Å². The Bertz CT molecular complexity index is 1480. The lowest BCUT2D eigenvalue weighted by atomic mass is 9.91. The van der Waals surface area contributed by atoms with Crippen molar-refractivity contribution in [2.24, 2.45) is 12.0 Å². The van der Waals surface area contributed by atoms with Crippen LogP contribution < -0.4 is 10.6 Å². The van der Waals surface area contributed by atoms with Crippen molar-refractivity contribution in [3.8, 4) is 0 Å². The summed E-state index contributed by atoms with van der Waals surface area (Å²) in [5, 5.41) is 11.0. The zero-order valence-corrected chi connectivity index (χ0v) is 20.8. The van der Waals surface area contributed by atoms with Crippen LogP contribution in [-0.4, -0.2) is 37.7 Å². The molecule has 9 nitrogen and oxygen atoms in total. The maximum absolute atomic E-state index is 12.6. The molecule has 36 heavy (non-hydrogen) atoms. The first-order valence-electron chi connectivity index (χ1n) is 11.5. The number of anilines is 2. The van der Waals surface area contributed by atoms with Gasteiger partial charge in [0.1, 0.15) is 0 Å². The Morgan fingerprint density at radius 2 is 1.97 bits per heavy atom. The summed E-state index contributed by atoms with van der Waals surface area (Å²) >= 11 is 6.10. The number of fused-ring (bicyclic) bond motifs is 2. The van der Waals surface area contributed by atoms with E-state index in [-0.39, 0.29) is 18.1 Å². The van der Waals surface area contributed by atoms with E-state index in [1.54, 1.807) is 36.5 Å². The topological polar surface area (TPSA) is 114 Å². The summed E-state index contributed by atoms with van der Waals surface area (Å²) in [6, 6.07) is 7.06. The lowest BCUT2D eigenvalue weighted by Crippen LogP contribution is -2.23. The third kappa shape index (κ3) is 4.57. The molecule has 182 valence electrons. The van der Waals surface area contributed by atoms with Crippen LogP contribution in [0.15, 0.2) is 52.1 Å². The molecule has 3 heterocycles. The fourth-order valence-corrected chi connectivity index (χ4v) is 4.39. The van der Waals surface area contributed by atoms with Crippen LogP contribution in [0.5, 0.6) is 0 Å². The molecule has 1 aliphatic heterocycles. The van der Waals surface area contributed by atoms with Crippen LogP contribution in [0.25, 0.3) is 5.70 Å². The molecule has 0 spiro atoms. The van der Waals surface area contributed by atoms with Gasteiger partial charge in [-0.3, -0.25) is 19.3 Å². The highest BCUT2D eigenvalue weighted by Gasteiger charge is 2.27. The molecule has 1 aromatic carbocycles. The highest BCUT2D eigenvalue weighted by atomic mass is 35.5. The van der Waals surface area contributed by atoms with Gasteiger partial charge in [0.15, 0.2) is 5.78 Å². The van der Waals surface area contributed by atoms with Gasteiger partial charge in [-0.1, -0.05) is 17.7 Å². The van der Waals surface area contributed by atoms with E-state index in [1.807, 2.05) is 25.6 Å². The standard InChI is InChI=1S/C26H24ClN7O2/c1-14-21(15(2)34(3)33-14)13-29-25(36)16-4-7-19(8-5-16)31-26-30-11-17-10-22(35)20-9-6-18(27)12-28-24(20)23(17)32-26/h4-8,11-12H,9-10,13H2,1-3H3,(H,29,36)(H,30,31,32). The van der Waals surface area contributed by atoms with Crippen molar-refractivity contribution in [2.75, 3.05) is 5.32 Å². The van der Waals surface area contributed by atoms with Gasteiger partial charge < -0.3 is 10.6 Å². The predicted molar refractivity (Wildman–Crippen MR) is 138 cm³/mol. The number of amides is 1. The number of aliphatic imine (C=N–C) groups is 1. The van der Waals surface area contributed by atoms with E-state index in [4.69, 9.17) is 11.6 Å². The number of carbonyl (C=O) groups is 2. The molecule has 5 rings (SSSR count). The molecule has 0 fully saturated rings. The number of nitrogens with zero attached hydrogens (tertiary/aromatic N) is 5. The molecule has 1 amide bonds. The lowest BCUT2D eigenvalue weighted by molar-refractivity contribution is -0.115. The number of Topliss-reactive ketones (excluding diaryl/α,β-unsaturated/α-hetero) is 1. The summed E-state index contributed by atoms with van der Waals surface area (Å²) in [4.78, 5) is 38.6. The van der Waals surface area contributed by atoms with Crippen LogP contribution in [0.4, 0.5) is 11.6 Å². The second-order valence-electron chi connectivity index (χ2n) is 8.70. The number of allylic oxidation sites excluding steroid dienone is 3. The van der Waals surface area contributed by atoms with E-state index in [0.717, 1.165) is 28.2 Å². The number of carbonyl (C=O) groups excluding carboxylic acids is 2. The maximum Gasteiger partial charge on any atom is 0.251 e. The SMILES string of the molecule is Cc1nn(C)c(C)c1CNC(=O)c1ccc(Nc2ncc3c(n2)C2=C(CC=C(Cl)C=N2)C(=O)C3)cc1. The molecule has 0 saturated carbocycles. The van der Waals surface area contributed by atoms with E-state index in [2.05, 4.69) is 30.7 Å². The predicted octanol–water partition coefficient (Wildman–Crippen LogP) is 3.93. The van der Waals surface area contributed by atoms with Crippen molar-refractivity contribution < 1.29 is 9.59 Å². The molecule has 10 heteroatoms. The molecule has 1 aliphatic carbocycles. The highest BCUT2D eigenvalue weighted by Crippen LogP contribution is 2.33. The van der Waals surface area contributed by atoms with Gasteiger partial charge in [0.2, 0.25) is 5.95 Å². The minimum absolute atomic E-state index is 0.00397. The largest absolute Gasteiger partial charge is 0.348 e. The van der Waals surface area contributed by atoms with E-state index in [9.17, 15) is 9.59 Å². The molecular formula is C26H24ClN7O2. The molecule has 2 aliphatic rings. The fourth-order valence-electron chi connectivity index (χ4n) is 4.26. The van der Waals surface area contributed by atoms with Crippen molar-refractivity contribution in [1.82, 2.24) is 25.1 Å². The molecule has 0 bridgehead atoms. The quantitative estimate of drug-likeness (QED) is 0.547. The Labute approximate surface area is 213 Å². The minimum atomic E-state index is -0.170. The van der Waals surface area contributed by atoms with Gasteiger partial charge in [0.05, 0.1) is 22.1 Å². The zero-order valence-electron chi connectivity index (χ0n) is 20.1. The second-order valence-corrected chi connectivity index (χ2v) is 9.14. The van der Waals surface area contributed by atoms with Crippen LogP contribution in [0, 0.1) is 13.8 Å². The number of aromatic nitrogens is 4. The van der Waals surface area contributed by atoms with Gasteiger partial charge in [-0.15, -0.1) is 0 Å². The molecule has 0 unspecified atom stereocenters. The molecule has 0 saturated heterocycles. The van der Waals surface area contributed by atoms with Gasteiger partial charge in [0, 0.05) is 66.1 Å². The summed E-state index contributed by atoms with van der Waals surface area (Å²) < 4.78 is 1.81. The average molecular weight is 502 g/mol. The molecule has 0 radical (unpaired) electrons. The first-order valence-corrected chi connectivity index (χ1v) is 11.8. The number of hydrogen-bond donors (Lipinski definition) is 2. The number of aryl methyl sites for hydroxylation is 2. The summed E-state index contributed by atoms with van der Waals surface area (Å²) in [6.45, 7) is 4.33. The monoisotopic (exact) mass is 501 g/mol. The summed E-state index contributed by atoms with van der Waals surface area (Å²) in [5.74, 6) is 0.203. The third-order valence-electron chi connectivity index (χ3n) is 6.37. The fraction of sp³-hybridized carbons (Fsp3) is 0.231. The van der Waals surface area contributed by atoms with Crippen LogP contribution in [-0.2, 0) is 24.8 Å². The van der Waals surface area contributed by atoms with Crippen LogP contribution in [0.3, 0.4) is 0 Å². The van der Waals surface area contributed by atoms with Gasteiger partial charge in [-0.2, -0.15) is 5.10 Å². The summed E-state index contributed by atoms with van der Waals surface area (Å²) in [7, 11) is 1.89. The average Bonchev–Trinajstić information content (AvgIpc) is 2.99. The zero-order chi connectivity index (χ0) is 25.4. The van der Waals surface area contributed by atoms with Crippen LogP contribution in [0.2, 0.25) is 0 Å². The van der Waals surface area contributed by atoms with Crippen LogP contribution >= 0.6 is 11.6 Å². The molecule has 3 aromatic rings. The van der Waals surface area contributed by atoms with E-state index in [1.165, 1.54) is 6.21 Å². The Kier molecular flexibility index (Phi) is 6.24. The molecule has 2 N–H and O–H groups in total. The maximum atomic E-state index is 12.6. The Morgan fingerprint density at radius 3 is 2.69 bits per heavy atom. The van der Waals surface area contributed by atoms with Gasteiger partial charge in [0.25, 0.3) is 5.91 Å². The van der Waals surface area contributed by atoms with Crippen molar-refractivity contribution in [2.45, 2.75) is 33.2 Å². The third-order valence-corrected chi connectivity index (χ3v) is 6.62. The number of halogens is 1. The van der Waals surface area contributed by atoms with Crippen molar-refractivity contribution in [3.05, 3.63) is 80.9 Å². The first kappa shape index (κ1) is 23.6. The number of benzene rings is 1. The van der Waals surface area contributed by atoms with Gasteiger partial charge >= 0.3 is 0 Å². The highest BCUT2D eigenvalue weighted by molar-refractivity contribution is 6.39. The van der Waals surface area contributed by atoms with Crippen molar-refractivity contribution in [3.63, 3.8) is 0 Å². The van der Waals surface area contributed by atoms with Gasteiger partial charge in [-0.25, -0.2) is 9.97 Å². The summed E-state index contributed by atoms with van der Waals surface area (Å²) in [5.41, 5.74) is 6.69. The molecule has 0 atom stereocenters. The Morgan fingerprint density at radius 1 is 1.19 bits per heavy atom. The van der Waals surface area contributed by atoms with E-state index in [0.29, 0.717) is 46.5 Å². The lowest BCUT2D eigenvalue weighted by Gasteiger charge is -2.18. The Balaban J connectivity index is 1.30. The molecule has 2 aromatic heterocycles. The normalized spacial score (nSPS) is 14.7. The first-order chi connectivity index (χ1) is 17.3. The second kappa shape index (κ2) is 9.50. The van der Waals surface area contributed by atoms with E-state index >= 15 is 0 Å². The smallest absolute Gasteiger partial charge is 0.251 e. The van der Waals surface area contributed by atoms with Crippen molar-refractivity contribution in [1.29, 1.82) is 0 Å². The number of rotatable bonds is 5. The van der Waals surface area contributed by atoms with Crippen LogP contribution in [0.1, 0.15) is 45.0 Å². The number of nitrogens with one attached hydrogen (secondary N) is 2. The van der Waals surface area contributed by atoms with E-state index < -0.39 is 0 Å². The number of ketones is 1. The number of hydrogen-bond acceptors (Lipinski definition) is 7. The minimum Gasteiger partial charge on any atom is -0.348 e. The Hall–Kier alpha value is -4.11.